The van der Waals surface area contributed by atoms with Gasteiger partial charge in [-0.25, -0.2) is 8.78 Å². The summed E-state index contributed by atoms with van der Waals surface area (Å²) in [5.41, 5.74) is 2.05. The Kier molecular flexibility index (Phi) is 8.39. The summed E-state index contributed by atoms with van der Waals surface area (Å²) in [6.07, 6.45) is 1.50. The molecule has 0 saturated heterocycles. The molecule has 3 N–H and O–H groups in total. The van der Waals surface area contributed by atoms with Gasteiger partial charge in [0.05, 0.1) is 0 Å². The standard InChI is InChI=1S/C21H22F2N2O5.Na.H/c22-21(23)8-5-15(6-9-21)14-3-1-13(2-4-14)12-25-10-7-16(26)18(20(25)30)19(29)24-11-17(27)28;;/h1-5,26H,6-12H2,(H,24,29)(H,27,28);;. The summed E-state index contributed by atoms with van der Waals surface area (Å²) in [7, 11) is 0. The van der Waals surface area contributed by atoms with Crippen molar-refractivity contribution >= 4 is 52.9 Å². The number of carboxylic acids is 1. The van der Waals surface area contributed by atoms with Crippen molar-refractivity contribution in [2.24, 2.45) is 0 Å². The molecule has 0 fully saturated rings. The number of carboxylic acid groups (broad SMARTS) is 1. The van der Waals surface area contributed by atoms with Crippen LogP contribution in [-0.4, -0.2) is 81.5 Å². The van der Waals surface area contributed by atoms with Crippen molar-refractivity contribution in [3.8, 4) is 0 Å². The number of aliphatic hydroxyl groups excluding tert-OH is 1. The van der Waals surface area contributed by atoms with E-state index in [-0.39, 0.29) is 67.7 Å². The molecule has 31 heavy (non-hydrogen) atoms. The van der Waals surface area contributed by atoms with Gasteiger partial charge in [0.1, 0.15) is 17.9 Å². The van der Waals surface area contributed by atoms with Crippen LogP contribution < -0.4 is 5.32 Å². The fourth-order valence-corrected chi connectivity index (χ4v) is 3.47. The van der Waals surface area contributed by atoms with E-state index >= 15 is 0 Å². The maximum absolute atomic E-state index is 13.3. The van der Waals surface area contributed by atoms with Crippen molar-refractivity contribution in [1.82, 2.24) is 10.2 Å². The van der Waals surface area contributed by atoms with Crippen molar-refractivity contribution < 1.29 is 33.4 Å². The summed E-state index contributed by atoms with van der Waals surface area (Å²) in [5.74, 6) is -5.88. The predicted molar refractivity (Wildman–Crippen MR) is 111 cm³/mol. The Bertz CT molecular complexity index is 928. The van der Waals surface area contributed by atoms with Crippen LogP contribution in [0.5, 0.6) is 0 Å². The number of rotatable bonds is 6. The number of halogens is 2. The number of alkyl halides is 2. The molecule has 0 spiro atoms. The first kappa shape index (κ1) is 25.0. The van der Waals surface area contributed by atoms with Crippen LogP contribution in [0.25, 0.3) is 5.57 Å². The number of nitrogens with one attached hydrogen (secondary N) is 1. The molecule has 3 rings (SSSR count). The summed E-state index contributed by atoms with van der Waals surface area (Å²) in [6, 6.07) is 7.21. The second-order valence-electron chi connectivity index (χ2n) is 7.36. The third kappa shape index (κ3) is 6.38. The third-order valence-electron chi connectivity index (χ3n) is 5.14. The monoisotopic (exact) mass is 444 g/mol. The molecule has 0 saturated carbocycles. The molecule has 162 valence electrons. The van der Waals surface area contributed by atoms with Gasteiger partial charge in [0.15, 0.2) is 0 Å². The molecule has 10 heteroatoms. The first-order valence-corrected chi connectivity index (χ1v) is 9.54. The first-order valence-electron chi connectivity index (χ1n) is 9.54. The normalized spacial score (nSPS) is 18.2. The van der Waals surface area contributed by atoms with Crippen molar-refractivity contribution in [2.45, 2.75) is 38.2 Å². The second-order valence-corrected chi connectivity index (χ2v) is 7.36. The van der Waals surface area contributed by atoms with E-state index < -0.39 is 35.8 Å². The summed E-state index contributed by atoms with van der Waals surface area (Å²) in [6.45, 7) is -0.256. The molecule has 1 aromatic rings. The molecule has 2 amide bonds. The molecule has 0 bridgehead atoms. The van der Waals surface area contributed by atoms with Crippen LogP contribution >= 0.6 is 0 Å². The third-order valence-corrected chi connectivity index (χ3v) is 5.14. The van der Waals surface area contributed by atoms with Crippen LogP contribution in [0.15, 0.2) is 41.7 Å². The predicted octanol–water partition coefficient (Wildman–Crippen LogP) is 1.99. The molecular formula is C21H23F2N2NaO5. The Morgan fingerprint density at radius 1 is 1.16 bits per heavy atom. The fraction of sp³-hybridized carbons (Fsp3) is 0.381. The van der Waals surface area contributed by atoms with Gasteiger partial charge in [-0.15, -0.1) is 0 Å². The Hall–Kier alpha value is -2.23. The molecule has 1 aromatic carbocycles. The Labute approximate surface area is 200 Å². The van der Waals surface area contributed by atoms with Gasteiger partial charge in [-0.05, 0) is 23.1 Å². The van der Waals surface area contributed by atoms with Gasteiger partial charge in [-0.3, -0.25) is 14.4 Å². The van der Waals surface area contributed by atoms with E-state index in [9.17, 15) is 28.3 Å². The maximum atomic E-state index is 13.3. The van der Waals surface area contributed by atoms with Crippen molar-refractivity contribution in [1.29, 1.82) is 0 Å². The Balaban J connectivity index is 0.00000341. The average Bonchev–Trinajstić information content (AvgIpc) is 2.69. The molecule has 0 atom stereocenters. The van der Waals surface area contributed by atoms with E-state index in [2.05, 4.69) is 5.32 Å². The van der Waals surface area contributed by atoms with Gasteiger partial charge in [0.25, 0.3) is 17.7 Å². The fourth-order valence-electron chi connectivity index (χ4n) is 3.47. The number of hydrogen-bond acceptors (Lipinski definition) is 4. The van der Waals surface area contributed by atoms with Gasteiger partial charge in [0, 0.05) is 32.4 Å². The van der Waals surface area contributed by atoms with Gasteiger partial charge < -0.3 is 20.4 Å². The van der Waals surface area contributed by atoms with Gasteiger partial charge in [-0.1, -0.05) is 30.3 Å². The number of aliphatic hydroxyl groups is 1. The first-order chi connectivity index (χ1) is 14.2. The Morgan fingerprint density at radius 2 is 1.84 bits per heavy atom. The van der Waals surface area contributed by atoms with E-state index in [1.54, 1.807) is 18.2 Å². The number of amides is 2. The van der Waals surface area contributed by atoms with Crippen LogP contribution in [-0.2, 0) is 20.9 Å². The number of carbonyl (C=O) groups is 3. The van der Waals surface area contributed by atoms with E-state index in [1.807, 2.05) is 12.1 Å². The van der Waals surface area contributed by atoms with Crippen LogP contribution in [0.1, 0.15) is 36.8 Å². The quantitative estimate of drug-likeness (QED) is 0.460. The van der Waals surface area contributed by atoms with Gasteiger partial charge in [0.2, 0.25) is 0 Å². The summed E-state index contributed by atoms with van der Waals surface area (Å²) >= 11 is 0. The SMILES string of the molecule is O=C(O)CNC(=O)C1=C(O)CCN(Cc2ccc(C3=CCC(F)(F)CC3)cc2)C1=O.[NaH]. The number of benzene rings is 1. The van der Waals surface area contributed by atoms with E-state index in [1.165, 1.54) is 4.90 Å². The molecule has 1 heterocycles. The molecular weight excluding hydrogens is 421 g/mol. The molecule has 1 aliphatic heterocycles. The molecule has 0 radical (unpaired) electrons. The minimum absolute atomic E-state index is 0. The van der Waals surface area contributed by atoms with Crippen LogP contribution in [0.2, 0.25) is 0 Å². The summed E-state index contributed by atoms with van der Waals surface area (Å²) < 4.78 is 26.6. The molecule has 0 unspecified atom stereocenters. The van der Waals surface area contributed by atoms with Gasteiger partial charge in [-0.2, -0.15) is 0 Å². The van der Waals surface area contributed by atoms with Gasteiger partial charge >= 0.3 is 35.5 Å². The van der Waals surface area contributed by atoms with Crippen molar-refractivity contribution in [2.75, 3.05) is 13.1 Å². The zero-order valence-electron chi connectivity index (χ0n) is 16.2. The van der Waals surface area contributed by atoms with E-state index in [0.29, 0.717) is 6.42 Å². The zero-order chi connectivity index (χ0) is 21.9. The van der Waals surface area contributed by atoms with Crippen molar-refractivity contribution in [3.05, 3.63) is 52.8 Å². The molecule has 1 aliphatic carbocycles. The number of hydrogen-bond donors (Lipinski definition) is 3. The van der Waals surface area contributed by atoms with Crippen LogP contribution in [0, 0.1) is 0 Å². The van der Waals surface area contributed by atoms with E-state index in [0.717, 1.165) is 16.7 Å². The van der Waals surface area contributed by atoms with Crippen LogP contribution in [0.3, 0.4) is 0 Å². The van der Waals surface area contributed by atoms with Crippen molar-refractivity contribution in [3.63, 3.8) is 0 Å². The topological polar surface area (TPSA) is 107 Å². The summed E-state index contributed by atoms with van der Waals surface area (Å²) in [4.78, 5) is 36.7. The van der Waals surface area contributed by atoms with E-state index in [4.69, 9.17) is 5.11 Å². The zero-order valence-corrected chi connectivity index (χ0v) is 16.2. The van der Waals surface area contributed by atoms with Crippen LogP contribution in [0.4, 0.5) is 8.78 Å². The second kappa shape index (κ2) is 10.4. The number of nitrogens with zero attached hydrogens (tertiary/aromatic N) is 1. The summed E-state index contributed by atoms with van der Waals surface area (Å²) in [5, 5.41) is 20.7. The number of carbonyl (C=O) groups excluding carboxylic acids is 2. The average molecular weight is 444 g/mol. The minimum atomic E-state index is -2.65. The molecule has 2 aliphatic rings. The number of aliphatic carboxylic acids is 1. The number of allylic oxidation sites excluding steroid dienone is 2. The molecule has 7 nitrogen and oxygen atoms in total. The Morgan fingerprint density at radius 3 is 2.42 bits per heavy atom. The molecule has 0 aromatic heterocycles.